The van der Waals surface area contributed by atoms with Crippen LogP contribution in [0.3, 0.4) is 0 Å². The van der Waals surface area contributed by atoms with E-state index in [0.29, 0.717) is 5.56 Å². The summed E-state index contributed by atoms with van der Waals surface area (Å²) in [7, 11) is 0. The molecule has 3 atom stereocenters. The number of primary amides is 1. The van der Waals surface area contributed by atoms with Crippen LogP contribution in [0.15, 0.2) is 48.5 Å². The highest BCUT2D eigenvalue weighted by atomic mass is 16.7. The van der Waals surface area contributed by atoms with Gasteiger partial charge in [0, 0.05) is 17.8 Å². The predicted molar refractivity (Wildman–Crippen MR) is 143 cm³/mol. The first-order valence-corrected chi connectivity index (χ1v) is 12.1. The van der Waals surface area contributed by atoms with Gasteiger partial charge in [-0.05, 0) is 43.7 Å². The number of carbonyl (C=O) groups is 6. The Kier molecular flexibility index (Phi) is 11.7. The second-order valence-electron chi connectivity index (χ2n) is 8.71. The van der Waals surface area contributed by atoms with Crippen molar-refractivity contribution in [2.75, 3.05) is 5.32 Å². The molecule has 0 radical (unpaired) electrons. The Hall–Kier alpha value is -5.74. The number of carbonyl (C=O) groups excluding carboxylic acids is 5. The highest BCUT2D eigenvalue weighted by Gasteiger charge is 2.27. The van der Waals surface area contributed by atoms with Gasteiger partial charge in [-0.15, -0.1) is 0 Å². The third-order valence-electron chi connectivity index (χ3n) is 5.35. The first-order valence-electron chi connectivity index (χ1n) is 12.1. The fourth-order valence-electron chi connectivity index (χ4n) is 3.18. The normalized spacial score (nSPS) is 12.4. The summed E-state index contributed by atoms with van der Waals surface area (Å²) in [4.78, 5) is 81.5. The average molecular weight is 589 g/mol. The Morgan fingerprint density at radius 2 is 1.45 bits per heavy atom. The Morgan fingerprint density at radius 1 is 0.881 bits per heavy atom. The smallest absolute Gasteiger partial charge is 0.465 e. The fourth-order valence-corrected chi connectivity index (χ4v) is 3.18. The van der Waals surface area contributed by atoms with Crippen LogP contribution in [0.5, 0.6) is 5.75 Å². The lowest BCUT2D eigenvalue weighted by Gasteiger charge is -2.21. The van der Waals surface area contributed by atoms with E-state index in [1.165, 1.54) is 50.2 Å². The van der Waals surface area contributed by atoms with Crippen LogP contribution in [-0.4, -0.2) is 64.0 Å². The Morgan fingerprint density at radius 3 is 2.00 bits per heavy atom. The molecular weight excluding hydrogens is 560 g/mol. The summed E-state index contributed by atoms with van der Waals surface area (Å²) < 4.78 is 9.93. The van der Waals surface area contributed by atoms with Crippen LogP contribution < -0.4 is 31.7 Å². The minimum atomic E-state index is -1.43. The van der Waals surface area contributed by atoms with Crippen molar-refractivity contribution in [1.29, 1.82) is 0 Å². The van der Waals surface area contributed by atoms with E-state index in [-0.39, 0.29) is 23.7 Å². The molecule has 2 aromatic carbocycles. The maximum Gasteiger partial charge on any atom is 0.514 e. The largest absolute Gasteiger partial charge is 0.514 e. The van der Waals surface area contributed by atoms with E-state index in [0.717, 1.165) is 12.1 Å². The number of nitrogens with one attached hydrogen (secondary N) is 4. The first kappa shape index (κ1) is 32.5. The molecule has 0 aliphatic rings. The minimum absolute atomic E-state index is 0.0443. The quantitative estimate of drug-likeness (QED) is 0.0824. The van der Waals surface area contributed by atoms with Crippen LogP contribution in [0.2, 0.25) is 0 Å². The summed E-state index contributed by atoms with van der Waals surface area (Å²) >= 11 is 0. The predicted octanol–water partition coefficient (Wildman–Crippen LogP) is 0.770. The molecular formula is C25H28N6O11. The van der Waals surface area contributed by atoms with E-state index < -0.39 is 65.3 Å². The summed E-state index contributed by atoms with van der Waals surface area (Å²) in [6.45, 7) is 2.36. The van der Waals surface area contributed by atoms with Gasteiger partial charge in [-0.3, -0.25) is 29.3 Å². The van der Waals surface area contributed by atoms with Crippen molar-refractivity contribution in [3.05, 3.63) is 64.2 Å². The molecule has 0 unspecified atom stereocenters. The molecule has 7 N–H and O–H groups in total. The molecule has 17 nitrogen and oxygen atoms in total. The zero-order chi connectivity index (χ0) is 31.4. The number of ether oxygens (including phenoxy) is 2. The van der Waals surface area contributed by atoms with E-state index in [1.54, 1.807) is 0 Å². The van der Waals surface area contributed by atoms with E-state index in [9.17, 15) is 38.9 Å². The van der Waals surface area contributed by atoms with Gasteiger partial charge >= 0.3 is 12.2 Å². The van der Waals surface area contributed by atoms with Crippen molar-refractivity contribution in [2.24, 2.45) is 5.73 Å². The SMILES string of the molecule is C[C@H](NC(=O)O)C(=O)N[C@@H](C)C(=O)N[C@@H](CC(N)=O)C(=O)Nc1ccc(COC(=O)Oc2ccc([N+](=O)[O-])cc2)cc1. The number of rotatable bonds is 13. The molecule has 0 aliphatic carbocycles. The molecule has 0 aliphatic heterocycles. The molecule has 42 heavy (non-hydrogen) atoms. The third-order valence-corrected chi connectivity index (χ3v) is 5.35. The van der Waals surface area contributed by atoms with E-state index >= 15 is 0 Å². The van der Waals surface area contributed by atoms with Crippen LogP contribution >= 0.6 is 0 Å². The number of nitro benzene ring substituents is 1. The summed E-state index contributed by atoms with van der Waals surface area (Å²) in [6, 6.07) is 7.00. The van der Waals surface area contributed by atoms with Gasteiger partial charge in [0.15, 0.2) is 0 Å². The van der Waals surface area contributed by atoms with Crippen LogP contribution in [0.25, 0.3) is 0 Å². The monoisotopic (exact) mass is 588 g/mol. The molecule has 0 saturated carbocycles. The van der Waals surface area contributed by atoms with Gasteiger partial charge in [0.1, 0.15) is 30.5 Å². The maximum absolute atomic E-state index is 12.8. The summed E-state index contributed by atoms with van der Waals surface area (Å²) in [5.41, 5.74) is 5.80. The Bertz CT molecular complexity index is 1330. The van der Waals surface area contributed by atoms with Gasteiger partial charge < -0.3 is 41.6 Å². The van der Waals surface area contributed by atoms with Crippen molar-refractivity contribution < 1.29 is 48.3 Å². The highest BCUT2D eigenvalue weighted by molar-refractivity contribution is 6.00. The van der Waals surface area contributed by atoms with Crippen LogP contribution in [-0.2, 0) is 30.5 Å². The van der Waals surface area contributed by atoms with Crippen molar-refractivity contribution in [2.45, 2.75) is 45.0 Å². The molecule has 5 amide bonds. The van der Waals surface area contributed by atoms with Crippen LogP contribution in [0, 0.1) is 10.1 Å². The topological polar surface area (TPSA) is 258 Å². The second kappa shape index (κ2) is 15.2. The number of anilines is 1. The van der Waals surface area contributed by atoms with Gasteiger partial charge in [0.2, 0.25) is 23.6 Å². The zero-order valence-electron chi connectivity index (χ0n) is 22.3. The molecule has 17 heteroatoms. The molecule has 0 saturated heterocycles. The molecule has 224 valence electrons. The van der Waals surface area contributed by atoms with E-state index in [1.807, 2.05) is 5.32 Å². The molecule has 2 aromatic rings. The Labute approximate surface area is 237 Å². The van der Waals surface area contributed by atoms with Crippen LogP contribution in [0.1, 0.15) is 25.8 Å². The number of non-ortho nitro benzene ring substituents is 1. The molecule has 0 bridgehead atoms. The lowest BCUT2D eigenvalue weighted by molar-refractivity contribution is -0.384. The van der Waals surface area contributed by atoms with Crippen molar-refractivity contribution in [1.82, 2.24) is 16.0 Å². The van der Waals surface area contributed by atoms with Gasteiger partial charge in [0.05, 0.1) is 11.3 Å². The Balaban J connectivity index is 1.91. The highest BCUT2D eigenvalue weighted by Crippen LogP contribution is 2.18. The van der Waals surface area contributed by atoms with Crippen LogP contribution in [0.4, 0.5) is 21.0 Å². The standard InChI is InChI=1S/C25H28N6O11/c1-13(27-21(33)14(2)28-24(36)37)22(34)30-19(11-20(26)32)23(35)29-16-5-3-15(4-6-16)12-41-25(38)42-18-9-7-17(8-10-18)31(39)40/h3-10,13-14,19,28H,11-12H2,1-2H3,(H2,26,32)(H,27,33)(H,29,35)(H,30,34)(H,36,37)/t13-,14-,19-/m0/s1. The summed E-state index contributed by atoms with van der Waals surface area (Å²) in [5.74, 6) is -3.26. The van der Waals surface area contributed by atoms with Crippen molar-refractivity contribution in [3.63, 3.8) is 0 Å². The molecule has 0 heterocycles. The first-order chi connectivity index (χ1) is 19.7. The lowest BCUT2D eigenvalue weighted by Crippen LogP contribution is -2.55. The molecule has 0 fully saturated rings. The number of nitrogens with zero attached hydrogens (tertiary/aromatic N) is 1. The molecule has 2 rings (SSSR count). The van der Waals surface area contributed by atoms with Gasteiger partial charge in [0.25, 0.3) is 5.69 Å². The number of hydrogen-bond donors (Lipinski definition) is 6. The van der Waals surface area contributed by atoms with E-state index in [4.69, 9.17) is 20.3 Å². The number of carboxylic acid groups (broad SMARTS) is 1. The van der Waals surface area contributed by atoms with Crippen molar-refractivity contribution in [3.8, 4) is 5.75 Å². The number of nitro groups is 1. The van der Waals surface area contributed by atoms with Gasteiger partial charge in [-0.25, -0.2) is 9.59 Å². The second-order valence-corrected chi connectivity index (χ2v) is 8.71. The zero-order valence-corrected chi connectivity index (χ0v) is 22.3. The number of benzene rings is 2. The molecule has 0 spiro atoms. The van der Waals surface area contributed by atoms with Crippen molar-refractivity contribution >= 4 is 47.3 Å². The van der Waals surface area contributed by atoms with Gasteiger partial charge in [-0.2, -0.15) is 0 Å². The number of nitrogens with two attached hydrogens (primary N) is 1. The maximum atomic E-state index is 12.8. The lowest BCUT2D eigenvalue weighted by atomic mass is 10.1. The number of hydrogen-bond acceptors (Lipinski definition) is 10. The summed E-state index contributed by atoms with van der Waals surface area (Å²) in [5, 5.41) is 28.4. The van der Waals surface area contributed by atoms with E-state index in [2.05, 4.69) is 16.0 Å². The van der Waals surface area contributed by atoms with Gasteiger partial charge in [-0.1, -0.05) is 12.1 Å². The number of amides is 5. The summed E-state index contributed by atoms with van der Waals surface area (Å²) in [6.07, 6.45) is -3.04. The molecule has 0 aromatic heterocycles. The average Bonchev–Trinajstić information content (AvgIpc) is 2.91. The fraction of sp³-hybridized carbons (Fsp3) is 0.280. The third kappa shape index (κ3) is 10.8. The minimum Gasteiger partial charge on any atom is -0.465 e.